The van der Waals surface area contributed by atoms with Crippen LogP contribution >= 0.6 is 24.8 Å². The lowest BCUT2D eigenvalue weighted by Crippen LogP contribution is -2.42. The number of nitrogens with zero attached hydrogens (tertiary/aromatic N) is 2. The Balaban J connectivity index is 0.00000242. The zero-order valence-electron chi connectivity index (χ0n) is 14.9. The predicted molar refractivity (Wildman–Crippen MR) is 102 cm³/mol. The molecule has 2 atom stereocenters. The van der Waals surface area contributed by atoms with E-state index in [1.54, 1.807) is 0 Å². The topological polar surface area (TPSA) is 35.6 Å². The van der Waals surface area contributed by atoms with E-state index >= 15 is 0 Å². The van der Waals surface area contributed by atoms with E-state index in [4.69, 9.17) is 0 Å². The van der Waals surface area contributed by atoms with E-state index in [1.807, 2.05) is 0 Å². The summed E-state index contributed by atoms with van der Waals surface area (Å²) in [7, 11) is 4.27. The van der Waals surface area contributed by atoms with Gasteiger partial charge in [0.1, 0.15) is 0 Å². The largest absolute Gasteiger partial charge is 0.343 e. The number of hydrogen-bond acceptors (Lipinski definition) is 3. The zero-order valence-corrected chi connectivity index (χ0v) is 16.6. The van der Waals surface area contributed by atoms with Crippen molar-refractivity contribution in [2.75, 3.05) is 46.8 Å². The van der Waals surface area contributed by atoms with Gasteiger partial charge < -0.3 is 15.1 Å². The molecule has 2 saturated heterocycles. The van der Waals surface area contributed by atoms with E-state index in [9.17, 15) is 4.79 Å². The summed E-state index contributed by atoms with van der Waals surface area (Å²) in [6.07, 6.45) is 5.63. The molecular formula is C17H35Cl2N3O. The van der Waals surface area contributed by atoms with Crippen molar-refractivity contribution in [2.24, 2.45) is 17.8 Å². The highest BCUT2D eigenvalue weighted by atomic mass is 35.5. The van der Waals surface area contributed by atoms with E-state index in [0.717, 1.165) is 45.1 Å². The lowest BCUT2D eigenvalue weighted by molar-refractivity contribution is -0.134. The van der Waals surface area contributed by atoms with Crippen LogP contribution in [0.15, 0.2) is 0 Å². The first-order valence-electron chi connectivity index (χ1n) is 8.69. The summed E-state index contributed by atoms with van der Waals surface area (Å²) in [5.41, 5.74) is 0. The lowest BCUT2D eigenvalue weighted by Gasteiger charge is -2.35. The number of carbonyl (C=O) groups is 1. The third-order valence-corrected chi connectivity index (χ3v) is 5.23. The first-order valence-corrected chi connectivity index (χ1v) is 8.69. The molecule has 2 fully saturated rings. The highest BCUT2D eigenvalue weighted by Crippen LogP contribution is 2.25. The average Bonchev–Trinajstić information content (AvgIpc) is 2.48. The fourth-order valence-corrected chi connectivity index (χ4v) is 3.82. The van der Waals surface area contributed by atoms with Crippen molar-refractivity contribution in [3.63, 3.8) is 0 Å². The minimum absolute atomic E-state index is 0. The molecule has 0 aromatic rings. The second-order valence-corrected chi connectivity index (χ2v) is 7.37. The van der Waals surface area contributed by atoms with Crippen molar-refractivity contribution in [1.29, 1.82) is 0 Å². The van der Waals surface area contributed by atoms with Gasteiger partial charge in [0.25, 0.3) is 0 Å². The molecule has 0 spiro atoms. The molecule has 0 bridgehead atoms. The van der Waals surface area contributed by atoms with Crippen molar-refractivity contribution < 1.29 is 4.79 Å². The number of carbonyl (C=O) groups excluding carboxylic acids is 1. The fraction of sp³-hybridized carbons (Fsp3) is 0.941. The number of nitrogens with one attached hydrogen (secondary N) is 1. The summed E-state index contributed by atoms with van der Waals surface area (Å²) in [6, 6.07) is 0. The maximum absolute atomic E-state index is 12.5. The average molecular weight is 368 g/mol. The Kier molecular flexibility index (Phi) is 11.5. The van der Waals surface area contributed by atoms with E-state index in [2.05, 4.69) is 36.1 Å². The summed E-state index contributed by atoms with van der Waals surface area (Å²) >= 11 is 0. The van der Waals surface area contributed by atoms with Crippen LogP contribution < -0.4 is 5.32 Å². The van der Waals surface area contributed by atoms with Crippen LogP contribution in [-0.4, -0.2) is 62.5 Å². The van der Waals surface area contributed by atoms with Gasteiger partial charge in [0.05, 0.1) is 0 Å². The summed E-state index contributed by atoms with van der Waals surface area (Å²) in [4.78, 5) is 16.8. The quantitative estimate of drug-likeness (QED) is 0.811. The van der Waals surface area contributed by atoms with Gasteiger partial charge in [0.15, 0.2) is 0 Å². The standard InChI is InChI=1S/C17H33N3O.2ClH/c1-14(16-5-4-8-18-12-16)11-17(21)20-9-6-15(7-10-20)13-19(2)3;;/h14-16,18H,4-13H2,1-3H3;2*1H. The minimum atomic E-state index is 0. The Morgan fingerprint density at radius 2 is 1.87 bits per heavy atom. The van der Waals surface area contributed by atoms with E-state index in [-0.39, 0.29) is 24.8 Å². The van der Waals surface area contributed by atoms with E-state index < -0.39 is 0 Å². The second-order valence-electron chi connectivity index (χ2n) is 7.37. The molecular weight excluding hydrogens is 333 g/mol. The lowest BCUT2D eigenvalue weighted by atomic mass is 9.85. The molecule has 0 aromatic carbocycles. The van der Waals surface area contributed by atoms with Crippen molar-refractivity contribution in [3.8, 4) is 0 Å². The van der Waals surface area contributed by atoms with Gasteiger partial charge in [0.2, 0.25) is 5.91 Å². The van der Waals surface area contributed by atoms with Crippen LogP contribution in [0.3, 0.4) is 0 Å². The summed E-state index contributed by atoms with van der Waals surface area (Å²) in [6.45, 7) is 7.59. The summed E-state index contributed by atoms with van der Waals surface area (Å²) in [5.74, 6) is 2.36. The van der Waals surface area contributed by atoms with Gasteiger partial charge in [0, 0.05) is 26.1 Å². The van der Waals surface area contributed by atoms with E-state index in [0.29, 0.717) is 17.7 Å². The number of amides is 1. The Hall–Kier alpha value is -0.0300. The highest BCUT2D eigenvalue weighted by Gasteiger charge is 2.27. The molecule has 0 saturated carbocycles. The molecule has 0 radical (unpaired) electrons. The molecule has 1 N–H and O–H groups in total. The van der Waals surface area contributed by atoms with Crippen LogP contribution in [0.25, 0.3) is 0 Å². The number of likely N-dealkylation sites (tertiary alicyclic amines) is 1. The van der Waals surface area contributed by atoms with Crippen molar-refractivity contribution in [3.05, 3.63) is 0 Å². The number of rotatable bonds is 5. The summed E-state index contributed by atoms with van der Waals surface area (Å²) in [5, 5.41) is 3.46. The molecule has 23 heavy (non-hydrogen) atoms. The Morgan fingerprint density at radius 1 is 1.22 bits per heavy atom. The molecule has 0 aromatic heterocycles. The van der Waals surface area contributed by atoms with Crippen molar-refractivity contribution in [1.82, 2.24) is 15.1 Å². The van der Waals surface area contributed by atoms with Gasteiger partial charge in [-0.05, 0) is 70.6 Å². The second kappa shape index (κ2) is 11.5. The predicted octanol–water partition coefficient (Wildman–Crippen LogP) is 2.66. The Morgan fingerprint density at radius 3 is 2.39 bits per heavy atom. The SMILES string of the molecule is CC(CC(=O)N1CCC(CN(C)C)CC1)C1CCCNC1.Cl.Cl. The molecule has 2 heterocycles. The fourth-order valence-electron chi connectivity index (χ4n) is 3.82. The molecule has 2 unspecified atom stereocenters. The molecule has 4 nitrogen and oxygen atoms in total. The maximum Gasteiger partial charge on any atom is 0.222 e. The van der Waals surface area contributed by atoms with Crippen LogP contribution in [0.4, 0.5) is 0 Å². The first-order chi connectivity index (χ1) is 10.1. The van der Waals surface area contributed by atoms with Crippen LogP contribution in [0, 0.1) is 17.8 Å². The molecule has 2 aliphatic heterocycles. The van der Waals surface area contributed by atoms with Gasteiger partial charge in [-0.15, -0.1) is 24.8 Å². The summed E-state index contributed by atoms with van der Waals surface area (Å²) < 4.78 is 0. The molecule has 2 rings (SSSR count). The Bertz CT molecular complexity index is 328. The molecule has 6 heteroatoms. The molecule has 2 aliphatic rings. The van der Waals surface area contributed by atoms with Gasteiger partial charge in [-0.1, -0.05) is 6.92 Å². The minimum Gasteiger partial charge on any atom is -0.343 e. The monoisotopic (exact) mass is 367 g/mol. The normalized spacial score (nSPS) is 23.8. The van der Waals surface area contributed by atoms with Crippen LogP contribution in [-0.2, 0) is 4.79 Å². The van der Waals surface area contributed by atoms with Gasteiger partial charge in [-0.2, -0.15) is 0 Å². The van der Waals surface area contributed by atoms with Crippen LogP contribution in [0.5, 0.6) is 0 Å². The highest BCUT2D eigenvalue weighted by molar-refractivity contribution is 5.85. The van der Waals surface area contributed by atoms with Crippen molar-refractivity contribution in [2.45, 2.75) is 39.0 Å². The smallest absolute Gasteiger partial charge is 0.222 e. The van der Waals surface area contributed by atoms with Gasteiger partial charge in [-0.3, -0.25) is 4.79 Å². The number of halogens is 2. The molecule has 138 valence electrons. The van der Waals surface area contributed by atoms with Gasteiger partial charge in [-0.25, -0.2) is 0 Å². The maximum atomic E-state index is 12.5. The third-order valence-electron chi connectivity index (χ3n) is 5.23. The van der Waals surface area contributed by atoms with Crippen LogP contribution in [0.1, 0.15) is 39.0 Å². The van der Waals surface area contributed by atoms with Crippen molar-refractivity contribution >= 4 is 30.7 Å². The number of piperidine rings is 2. The first kappa shape index (κ1) is 23.0. The van der Waals surface area contributed by atoms with Crippen LogP contribution in [0.2, 0.25) is 0 Å². The molecule has 0 aliphatic carbocycles. The zero-order chi connectivity index (χ0) is 15.2. The number of hydrogen-bond donors (Lipinski definition) is 1. The Labute approximate surface area is 154 Å². The molecule has 1 amide bonds. The van der Waals surface area contributed by atoms with Gasteiger partial charge >= 0.3 is 0 Å². The van der Waals surface area contributed by atoms with E-state index in [1.165, 1.54) is 25.7 Å². The third kappa shape index (κ3) is 7.59.